The summed E-state index contributed by atoms with van der Waals surface area (Å²) in [5.41, 5.74) is 1.23. The summed E-state index contributed by atoms with van der Waals surface area (Å²) < 4.78 is 5.99. The number of benzene rings is 1. The molecule has 0 unspecified atom stereocenters. The monoisotopic (exact) mass is 222 g/mol. The first kappa shape index (κ1) is 11.4. The van der Waals surface area contributed by atoms with Gasteiger partial charge in [0.05, 0.1) is 0 Å². The molecule has 0 aromatic heterocycles. The quantitative estimate of drug-likeness (QED) is 0.707. The Morgan fingerprint density at radius 3 is 2.50 bits per heavy atom. The van der Waals surface area contributed by atoms with Gasteiger partial charge in [0.1, 0.15) is 0 Å². The third-order valence-electron chi connectivity index (χ3n) is 1.94. The van der Waals surface area contributed by atoms with E-state index in [1.165, 1.54) is 10.8 Å². The minimum Gasteiger partial charge on any atom is -0.457 e. The Morgan fingerprint density at radius 2 is 1.93 bits per heavy atom. The van der Waals surface area contributed by atoms with E-state index in [1.54, 1.807) is 0 Å². The van der Waals surface area contributed by atoms with E-state index in [4.69, 9.17) is 4.12 Å². The summed E-state index contributed by atoms with van der Waals surface area (Å²) >= 11 is 0. The number of hydrogen-bond donors (Lipinski definition) is 0. The lowest BCUT2D eigenvalue weighted by Crippen LogP contribution is -2.33. The maximum atomic E-state index is 5.99. The summed E-state index contributed by atoms with van der Waals surface area (Å²) in [6, 6.07) is 8.37. The fourth-order valence-corrected chi connectivity index (χ4v) is 4.17. The molecule has 1 rings (SSSR count). The zero-order valence-electron chi connectivity index (χ0n) is 9.21. The molecule has 1 aromatic carbocycles. The lowest BCUT2D eigenvalue weighted by molar-refractivity contribution is 0.608. The van der Waals surface area contributed by atoms with E-state index in [2.05, 4.69) is 44.4 Å². The van der Waals surface area contributed by atoms with Gasteiger partial charge in [0, 0.05) is 0 Å². The van der Waals surface area contributed by atoms with Crippen LogP contribution < -0.4 is 5.19 Å². The third kappa shape index (κ3) is 3.61. The van der Waals surface area contributed by atoms with Gasteiger partial charge in [-0.1, -0.05) is 36.9 Å². The molecule has 0 heterocycles. The minimum absolute atomic E-state index is 0.565. The molecule has 0 spiro atoms. The second-order valence-corrected chi connectivity index (χ2v) is 10.7. The highest BCUT2D eigenvalue weighted by atomic mass is 28.4. The molecule has 0 atom stereocenters. The van der Waals surface area contributed by atoms with E-state index in [1.807, 2.05) is 12.1 Å². The number of hydrogen-bond acceptors (Lipinski definition) is 1. The zero-order valence-corrected chi connectivity index (χ0v) is 11.6. The van der Waals surface area contributed by atoms with Crippen molar-refractivity contribution in [1.82, 2.24) is 0 Å². The normalized spacial score (nSPS) is 12.2. The highest BCUT2D eigenvalue weighted by Gasteiger charge is 2.14. The Bertz CT molecular complexity index is 315. The molecular formula is C11H18OSi2. The van der Waals surface area contributed by atoms with Gasteiger partial charge in [0.25, 0.3) is 0 Å². The Labute approximate surface area is 89.9 Å². The van der Waals surface area contributed by atoms with Crippen LogP contribution in [0.3, 0.4) is 0 Å². The van der Waals surface area contributed by atoms with Crippen LogP contribution in [0.2, 0.25) is 19.6 Å². The molecule has 0 aliphatic rings. The predicted octanol–water partition coefficient (Wildman–Crippen LogP) is 1.89. The van der Waals surface area contributed by atoms with Gasteiger partial charge in [-0.3, -0.25) is 0 Å². The maximum absolute atomic E-state index is 5.99. The van der Waals surface area contributed by atoms with E-state index < -0.39 is 18.1 Å². The summed E-state index contributed by atoms with van der Waals surface area (Å²) in [6.45, 7) is 10.5. The van der Waals surface area contributed by atoms with Crippen molar-refractivity contribution < 1.29 is 4.12 Å². The molecule has 0 amide bonds. The van der Waals surface area contributed by atoms with Crippen molar-refractivity contribution in [2.45, 2.75) is 19.6 Å². The molecular weight excluding hydrogens is 204 g/mol. The lowest BCUT2D eigenvalue weighted by atomic mass is 10.2. The van der Waals surface area contributed by atoms with E-state index in [0.29, 0.717) is 0 Å². The fourth-order valence-electron chi connectivity index (χ4n) is 1.16. The van der Waals surface area contributed by atoms with Gasteiger partial charge in [0.2, 0.25) is 0 Å². The van der Waals surface area contributed by atoms with Gasteiger partial charge in [0.15, 0.2) is 18.1 Å². The number of rotatable bonds is 4. The van der Waals surface area contributed by atoms with Crippen LogP contribution in [-0.2, 0) is 4.12 Å². The average molecular weight is 222 g/mol. The van der Waals surface area contributed by atoms with Gasteiger partial charge in [-0.15, -0.1) is 0 Å². The van der Waals surface area contributed by atoms with Crippen LogP contribution >= 0.6 is 0 Å². The average Bonchev–Trinajstić information content (AvgIpc) is 2.14. The van der Waals surface area contributed by atoms with Crippen LogP contribution in [0.4, 0.5) is 0 Å². The highest BCUT2D eigenvalue weighted by Crippen LogP contribution is 2.02. The standard InChI is InChI=1S/C11H18OSi2/c1-5-10-8-6-7-9-11(10)13-12-14(2,3)4/h5-9H,1,13H2,2-4H3. The molecule has 3 heteroatoms. The maximum Gasteiger partial charge on any atom is 0.179 e. The van der Waals surface area contributed by atoms with E-state index in [9.17, 15) is 0 Å². The largest absolute Gasteiger partial charge is 0.457 e. The summed E-state index contributed by atoms with van der Waals surface area (Å²) in [6.07, 6.45) is 1.91. The fraction of sp³-hybridized carbons (Fsp3) is 0.273. The van der Waals surface area contributed by atoms with Gasteiger partial charge in [-0.05, 0) is 30.4 Å². The smallest absolute Gasteiger partial charge is 0.179 e. The first-order valence-corrected chi connectivity index (χ1v) is 9.56. The summed E-state index contributed by atoms with van der Waals surface area (Å²) in [4.78, 5) is 0. The molecule has 0 radical (unpaired) electrons. The van der Waals surface area contributed by atoms with Gasteiger partial charge in [-0.2, -0.15) is 0 Å². The molecule has 0 N–H and O–H groups in total. The summed E-state index contributed by atoms with van der Waals surface area (Å²) in [5, 5.41) is 1.37. The third-order valence-corrected chi connectivity index (χ3v) is 6.93. The Balaban J connectivity index is 2.71. The van der Waals surface area contributed by atoms with Crippen LogP contribution in [0.5, 0.6) is 0 Å². The van der Waals surface area contributed by atoms with Crippen molar-refractivity contribution in [1.29, 1.82) is 0 Å². The molecule has 0 bridgehead atoms. The molecule has 0 aliphatic heterocycles. The van der Waals surface area contributed by atoms with Crippen LogP contribution in [0.15, 0.2) is 30.8 Å². The Hall–Kier alpha value is -0.646. The topological polar surface area (TPSA) is 9.23 Å². The zero-order chi connectivity index (χ0) is 10.6. The van der Waals surface area contributed by atoms with Crippen LogP contribution in [0.1, 0.15) is 5.56 Å². The molecule has 76 valence electrons. The van der Waals surface area contributed by atoms with E-state index in [-0.39, 0.29) is 0 Å². The SMILES string of the molecule is C=Cc1ccccc1[SiH2]O[Si](C)(C)C. The van der Waals surface area contributed by atoms with Gasteiger partial charge in [-0.25, -0.2) is 0 Å². The van der Waals surface area contributed by atoms with Crippen molar-refractivity contribution in [3.8, 4) is 0 Å². The van der Waals surface area contributed by atoms with Crippen molar-refractivity contribution >= 4 is 29.3 Å². The molecule has 0 fully saturated rings. The minimum atomic E-state index is -1.35. The van der Waals surface area contributed by atoms with E-state index in [0.717, 1.165) is 0 Å². The second-order valence-electron chi connectivity index (χ2n) is 4.30. The molecule has 0 aliphatic carbocycles. The molecule has 14 heavy (non-hydrogen) atoms. The molecule has 1 nitrogen and oxygen atoms in total. The van der Waals surface area contributed by atoms with Crippen LogP contribution in [0.25, 0.3) is 6.08 Å². The summed E-state index contributed by atoms with van der Waals surface area (Å²) in [7, 11) is -1.91. The van der Waals surface area contributed by atoms with Gasteiger partial charge >= 0.3 is 0 Å². The first-order chi connectivity index (χ1) is 6.53. The molecule has 1 aromatic rings. The Morgan fingerprint density at radius 1 is 1.29 bits per heavy atom. The van der Waals surface area contributed by atoms with Crippen molar-refractivity contribution in [3.63, 3.8) is 0 Å². The Kier molecular flexibility index (Phi) is 3.86. The second kappa shape index (κ2) is 4.73. The lowest BCUT2D eigenvalue weighted by Gasteiger charge is -2.18. The van der Waals surface area contributed by atoms with Crippen molar-refractivity contribution in [3.05, 3.63) is 36.4 Å². The van der Waals surface area contributed by atoms with Crippen LogP contribution in [0, 0.1) is 0 Å². The van der Waals surface area contributed by atoms with Crippen molar-refractivity contribution in [2.75, 3.05) is 0 Å². The predicted molar refractivity (Wildman–Crippen MR) is 69.1 cm³/mol. The first-order valence-electron chi connectivity index (χ1n) is 4.87. The van der Waals surface area contributed by atoms with Crippen molar-refractivity contribution in [2.24, 2.45) is 0 Å². The van der Waals surface area contributed by atoms with E-state index >= 15 is 0 Å². The molecule has 0 saturated heterocycles. The highest BCUT2D eigenvalue weighted by molar-refractivity contribution is 6.76. The van der Waals surface area contributed by atoms with Gasteiger partial charge < -0.3 is 4.12 Å². The molecule has 0 saturated carbocycles. The van der Waals surface area contributed by atoms with Crippen LogP contribution in [-0.4, -0.2) is 18.1 Å². The summed E-state index contributed by atoms with van der Waals surface area (Å²) in [5.74, 6) is 0.